The maximum absolute atomic E-state index is 14.1. The van der Waals surface area contributed by atoms with Crippen LogP contribution in [0.15, 0.2) is 91.0 Å². The van der Waals surface area contributed by atoms with E-state index < -0.39 is 17.6 Å². The van der Waals surface area contributed by atoms with Gasteiger partial charge in [0.15, 0.2) is 11.8 Å². The van der Waals surface area contributed by atoms with Gasteiger partial charge >= 0.3 is 5.97 Å². The van der Waals surface area contributed by atoms with Crippen molar-refractivity contribution in [2.75, 3.05) is 31.2 Å². The number of anilines is 1. The number of carbonyl (C=O) groups excluding carboxylic acids is 2. The van der Waals surface area contributed by atoms with Crippen LogP contribution >= 0.6 is 0 Å². The molecular weight excluding hydrogens is 478 g/mol. The first-order chi connectivity index (χ1) is 18.5. The van der Waals surface area contributed by atoms with E-state index in [1.807, 2.05) is 66.7 Å². The van der Waals surface area contributed by atoms with E-state index in [0.717, 1.165) is 24.2 Å². The van der Waals surface area contributed by atoms with Crippen molar-refractivity contribution in [3.63, 3.8) is 0 Å². The zero-order valence-corrected chi connectivity index (χ0v) is 21.4. The van der Waals surface area contributed by atoms with Crippen molar-refractivity contribution in [1.29, 1.82) is 0 Å². The summed E-state index contributed by atoms with van der Waals surface area (Å²) < 4.78 is 0. The molecule has 2 heterocycles. The average molecular weight is 512 g/mol. The number of para-hydroxylation sites is 1. The largest absolute Gasteiger partial charge is 0.479 e. The van der Waals surface area contributed by atoms with Crippen molar-refractivity contribution < 1.29 is 19.5 Å². The molecule has 2 saturated heterocycles. The quantitative estimate of drug-likeness (QED) is 0.423. The van der Waals surface area contributed by atoms with Crippen molar-refractivity contribution in [1.82, 2.24) is 9.80 Å². The number of ketones is 1. The molecule has 2 aliphatic rings. The fourth-order valence-electron chi connectivity index (χ4n) is 5.82. The number of carboxylic acid groups (broad SMARTS) is 1. The van der Waals surface area contributed by atoms with Gasteiger partial charge in [-0.1, -0.05) is 78.9 Å². The molecule has 0 unspecified atom stereocenters. The molecule has 2 fully saturated rings. The molecule has 0 aromatic heterocycles. The maximum Gasteiger partial charge on any atom is 0.331 e. The topological polar surface area (TPSA) is 81.2 Å². The lowest BCUT2D eigenvalue weighted by Gasteiger charge is -2.43. The Balaban J connectivity index is 1.31. The number of benzene rings is 3. The summed E-state index contributed by atoms with van der Waals surface area (Å²) in [5.74, 6) is -1.01. The molecule has 7 nitrogen and oxygen atoms in total. The van der Waals surface area contributed by atoms with E-state index in [0.29, 0.717) is 37.9 Å². The molecule has 1 amide bonds. The smallest absolute Gasteiger partial charge is 0.331 e. The third-order valence-electron chi connectivity index (χ3n) is 7.86. The third-order valence-corrected chi connectivity index (χ3v) is 7.86. The lowest BCUT2D eigenvalue weighted by molar-refractivity contribution is -0.150. The summed E-state index contributed by atoms with van der Waals surface area (Å²) in [5.41, 5.74) is 1.47. The number of Topliss-reactive ketones (excluding diaryl/α,β-unsaturated/α-hetero) is 1. The highest BCUT2D eigenvalue weighted by Crippen LogP contribution is 2.42. The summed E-state index contributed by atoms with van der Waals surface area (Å²) in [6.45, 7) is 2.44. The highest BCUT2D eigenvalue weighted by Gasteiger charge is 2.56. The van der Waals surface area contributed by atoms with Gasteiger partial charge in [0.1, 0.15) is 5.54 Å². The van der Waals surface area contributed by atoms with Crippen molar-refractivity contribution in [3.8, 4) is 0 Å². The van der Waals surface area contributed by atoms with E-state index in [4.69, 9.17) is 0 Å². The van der Waals surface area contributed by atoms with Gasteiger partial charge in [-0.2, -0.15) is 0 Å². The number of likely N-dealkylation sites (tertiary alicyclic amines) is 1. The Bertz CT molecular complexity index is 1260. The number of carboxylic acids is 1. The van der Waals surface area contributed by atoms with Gasteiger partial charge in [0, 0.05) is 30.8 Å². The van der Waals surface area contributed by atoms with Crippen LogP contribution in [-0.4, -0.2) is 64.4 Å². The van der Waals surface area contributed by atoms with Gasteiger partial charge in [-0.15, -0.1) is 0 Å². The Hall–Kier alpha value is -3.97. The second kappa shape index (κ2) is 11.2. The zero-order chi connectivity index (χ0) is 26.5. The zero-order valence-electron chi connectivity index (χ0n) is 21.4. The van der Waals surface area contributed by atoms with Crippen molar-refractivity contribution in [3.05, 3.63) is 102 Å². The molecule has 7 heteroatoms. The highest BCUT2D eigenvalue weighted by molar-refractivity contribution is 5.97. The molecule has 3 aromatic carbocycles. The fraction of sp³-hybridized carbons (Fsp3) is 0.323. The number of nitrogens with zero attached hydrogens (tertiary/aromatic N) is 3. The van der Waals surface area contributed by atoms with E-state index in [2.05, 4.69) is 9.80 Å². The molecule has 38 heavy (non-hydrogen) atoms. The predicted octanol–water partition coefficient (Wildman–Crippen LogP) is 4.62. The van der Waals surface area contributed by atoms with Gasteiger partial charge in [-0.05, 0) is 43.5 Å². The first kappa shape index (κ1) is 25.7. The summed E-state index contributed by atoms with van der Waals surface area (Å²) >= 11 is 0. The minimum atomic E-state index is -1.05. The molecule has 0 bridgehead atoms. The number of rotatable bonds is 9. The fourth-order valence-corrected chi connectivity index (χ4v) is 5.82. The molecule has 3 aromatic rings. The highest BCUT2D eigenvalue weighted by atomic mass is 16.4. The van der Waals surface area contributed by atoms with E-state index in [1.54, 1.807) is 24.3 Å². The minimum Gasteiger partial charge on any atom is -0.479 e. The van der Waals surface area contributed by atoms with Crippen LogP contribution in [0, 0.1) is 0 Å². The Labute approximate surface area is 223 Å². The standard InChI is InChI=1S/C31H33N3O4/c35-27(24-11-4-1-5-12-24)17-10-20-32-21-18-31(19-22-32)30(38)33(23-34(31)26-15-8-3-9-16-26)28(29(36)37)25-13-6-2-7-14-25/h1-9,11-16,28H,10,17-23H2,(H,36,37)/t28-/m1/s1. The van der Waals surface area contributed by atoms with Gasteiger partial charge in [0.2, 0.25) is 0 Å². The molecule has 0 aliphatic carbocycles. The van der Waals surface area contributed by atoms with Crippen molar-refractivity contribution in [2.45, 2.75) is 37.3 Å². The molecule has 0 radical (unpaired) electrons. The van der Waals surface area contributed by atoms with E-state index in [9.17, 15) is 19.5 Å². The summed E-state index contributed by atoms with van der Waals surface area (Å²) in [5, 5.41) is 10.2. The van der Waals surface area contributed by atoms with E-state index >= 15 is 0 Å². The number of piperidine rings is 1. The first-order valence-corrected chi connectivity index (χ1v) is 13.2. The molecule has 1 N–H and O–H groups in total. The first-order valence-electron chi connectivity index (χ1n) is 13.2. The molecule has 5 rings (SSSR count). The molecule has 1 atom stereocenters. The van der Waals surface area contributed by atoms with Crippen LogP contribution in [0.5, 0.6) is 0 Å². The lowest BCUT2D eigenvalue weighted by Crippen LogP contribution is -2.56. The Morgan fingerprint density at radius 2 is 1.42 bits per heavy atom. The van der Waals surface area contributed by atoms with Crippen LogP contribution in [0.2, 0.25) is 0 Å². The number of amides is 1. The molecule has 196 valence electrons. The summed E-state index contributed by atoms with van der Waals surface area (Å²) in [6, 6.07) is 27.1. The normalized spacial score (nSPS) is 18.1. The predicted molar refractivity (Wildman–Crippen MR) is 146 cm³/mol. The third kappa shape index (κ3) is 5.07. The molecule has 0 saturated carbocycles. The van der Waals surface area contributed by atoms with Gasteiger partial charge in [-0.25, -0.2) is 4.79 Å². The number of hydrogen-bond acceptors (Lipinski definition) is 5. The summed E-state index contributed by atoms with van der Waals surface area (Å²) in [6.07, 6.45) is 2.46. The monoisotopic (exact) mass is 511 g/mol. The average Bonchev–Trinajstić information content (AvgIpc) is 3.22. The number of hydrogen-bond donors (Lipinski definition) is 1. The molecule has 2 aliphatic heterocycles. The van der Waals surface area contributed by atoms with Crippen LogP contribution in [0.25, 0.3) is 0 Å². The van der Waals surface area contributed by atoms with E-state index in [1.165, 1.54) is 4.90 Å². The van der Waals surface area contributed by atoms with Crippen LogP contribution < -0.4 is 4.90 Å². The van der Waals surface area contributed by atoms with Gasteiger partial charge in [0.05, 0.1) is 6.67 Å². The number of aliphatic carboxylic acids is 1. The molecule has 1 spiro atoms. The van der Waals surface area contributed by atoms with Crippen LogP contribution in [0.4, 0.5) is 5.69 Å². The van der Waals surface area contributed by atoms with Crippen LogP contribution in [0.1, 0.15) is 47.6 Å². The molecular formula is C31H33N3O4. The van der Waals surface area contributed by atoms with Crippen molar-refractivity contribution >= 4 is 23.3 Å². The second-order valence-electron chi connectivity index (χ2n) is 10.1. The van der Waals surface area contributed by atoms with Gasteiger partial charge < -0.3 is 19.8 Å². The Kier molecular flexibility index (Phi) is 7.56. The Morgan fingerprint density at radius 1 is 0.842 bits per heavy atom. The van der Waals surface area contributed by atoms with Crippen LogP contribution in [0.3, 0.4) is 0 Å². The van der Waals surface area contributed by atoms with Gasteiger partial charge in [0.25, 0.3) is 5.91 Å². The van der Waals surface area contributed by atoms with Crippen molar-refractivity contribution in [2.24, 2.45) is 0 Å². The SMILES string of the molecule is O=C(CCCN1CCC2(CC1)C(=O)N([C@@H](C(=O)O)c1ccccc1)CN2c1ccccc1)c1ccccc1. The van der Waals surface area contributed by atoms with Crippen LogP contribution in [-0.2, 0) is 9.59 Å². The minimum absolute atomic E-state index is 0.128. The second-order valence-corrected chi connectivity index (χ2v) is 10.1. The lowest BCUT2D eigenvalue weighted by atomic mass is 9.85. The summed E-state index contributed by atoms with van der Waals surface area (Å²) in [4.78, 5) is 45.0. The van der Waals surface area contributed by atoms with E-state index in [-0.39, 0.29) is 18.4 Å². The summed E-state index contributed by atoms with van der Waals surface area (Å²) in [7, 11) is 0. The van der Waals surface area contributed by atoms with Gasteiger partial charge in [-0.3, -0.25) is 9.59 Å². The number of carbonyl (C=O) groups is 3. The maximum atomic E-state index is 14.1. The Morgan fingerprint density at radius 3 is 2.03 bits per heavy atom.